The molecule has 1 unspecified atom stereocenters. The lowest BCUT2D eigenvalue weighted by Gasteiger charge is -2.21. The maximum atomic E-state index is 11.5. The number of hydrogen-bond acceptors (Lipinski definition) is 7. The number of aromatic nitrogens is 3. The molecule has 0 bridgehead atoms. The van der Waals surface area contributed by atoms with E-state index in [-0.39, 0.29) is 6.01 Å². The lowest BCUT2D eigenvalue weighted by atomic mass is 10.0. The minimum atomic E-state index is -1.21. The summed E-state index contributed by atoms with van der Waals surface area (Å²) in [6.07, 6.45) is 5.21. The molecule has 0 saturated heterocycles. The number of hydrogen-bond donors (Lipinski definition) is 2. The van der Waals surface area contributed by atoms with E-state index in [9.17, 15) is 5.11 Å². The molecule has 0 aliphatic heterocycles. The molecule has 3 rings (SSSR count). The molecule has 2 aromatic heterocycles. The maximum absolute atomic E-state index is 11.5. The van der Waals surface area contributed by atoms with E-state index in [1.54, 1.807) is 0 Å². The third kappa shape index (κ3) is 9.03. The Bertz CT molecular complexity index is 1150. The SMILES string of the molecule is CCCCOc1nc(N)c2c(n1)c(C(O)c1ccc(CN(CCC)CCC)cc1)cn2COCC[Si](C)(C)C. The molecule has 9 heteroatoms. The van der Waals surface area contributed by atoms with Gasteiger partial charge in [0.2, 0.25) is 0 Å². The Hall–Kier alpha value is -2.46. The molecule has 0 radical (unpaired) electrons. The number of rotatable bonds is 17. The van der Waals surface area contributed by atoms with Gasteiger partial charge in [-0.15, -0.1) is 0 Å². The van der Waals surface area contributed by atoms with Crippen molar-refractivity contribution in [3.63, 3.8) is 0 Å². The quantitative estimate of drug-likeness (QED) is 0.151. The van der Waals surface area contributed by atoms with Gasteiger partial charge in [-0.25, -0.2) is 0 Å². The monoisotopic (exact) mass is 555 g/mol. The number of aliphatic hydroxyl groups is 1. The topological polar surface area (TPSA) is 98.7 Å². The van der Waals surface area contributed by atoms with Crippen LogP contribution in [0.3, 0.4) is 0 Å². The number of nitrogen functional groups attached to an aromatic ring is 1. The highest BCUT2D eigenvalue weighted by Crippen LogP contribution is 2.33. The molecule has 216 valence electrons. The summed E-state index contributed by atoms with van der Waals surface area (Å²) in [4.78, 5) is 11.6. The molecule has 0 aliphatic carbocycles. The molecule has 3 aromatic rings. The van der Waals surface area contributed by atoms with Gasteiger partial charge in [0.15, 0.2) is 5.82 Å². The molecule has 3 N–H and O–H groups in total. The van der Waals surface area contributed by atoms with Crippen LogP contribution in [-0.2, 0) is 18.0 Å². The second-order valence-electron chi connectivity index (χ2n) is 11.6. The Kier molecular flexibility index (Phi) is 11.8. The van der Waals surface area contributed by atoms with E-state index in [0.717, 1.165) is 56.9 Å². The molecule has 2 heterocycles. The van der Waals surface area contributed by atoms with Gasteiger partial charge in [0.05, 0.1) is 6.61 Å². The molecule has 1 atom stereocenters. The van der Waals surface area contributed by atoms with E-state index < -0.39 is 14.2 Å². The first-order valence-corrected chi connectivity index (χ1v) is 18.2. The Labute approximate surface area is 235 Å². The minimum Gasteiger partial charge on any atom is -0.463 e. The summed E-state index contributed by atoms with van der Waals surface area (Å²) in [7, 11) is -1.21. The van der Waals surface area contributed by atoms with Crippen molar-refractivity contribution < 1.29 is 14.6 Å². The fourth-order valence-electron chi connectivity index (χ4n) is 4.59. The highest BCUT2D eigenvalue weighted by molar-refractivity contribution is 6.76. The number of anilines is 1. The first-order valence-electron chi connectivity index (χ1n) is 14.5. The van der Waals surface area contributed by atoms with Gasteiger partial charge in [-0.05, 0) is 49.5 Å². The highest BCUT2D eigenvalue weighted by atomic mass is 28.3. The molecule has 0 fully saturated rings. The van der Waals surface area contributed by atoms with Crippen molar-refractivity contribution in [3.05, 3.63) is 47.2 Å². The Morgan fingerprint density at radius 3 is 2.31 bits per heavy atom. The maximum Gasteiger partial charge on any atom is 0.319 e. The fourth-order valence-corrected chi connectivity index (χ4v) is 5.35. The van der Waals surface area contributed by atoms with Crippen molar-refractivity contribution >= 4 is 24.9 Å². The van der Waals surface area contributed by atoms with Crippen molar-refractivity contribution in [2.75, 3.05) is 32.0 Å². The van der Waals surface area contributed by atoms with E-state index in [4.69, 9.17) is 20.2 Å². The van der Waals surface area contributed by atoms with Crippen LogP contribution in [0.2, 0.25) is 25.7 Å². The van der Waals surface area contributed by atoms with Crippen molar-refractivity contribution in [3.8, 4) is 6.01 Å². The van der Waals surface area contributed by atoms with Crippen LogP contribution < -0.4 is 10.5 Å². The molecule has 39 heavy (non-hydrogen) atoms. The van der Waals surface area contributed by atoms with Crippen LogP contribution in [-0.4, -0.2) is 58.9 Å². The van der Waals surface area contributed by atoms with E-state index >= 15 is 0 Å². The van der Waals surface area contributed by atoms with Crippen molar-refractivity contribution in [1.82, 2.24) is 19.4 Å². The van der Waals surface area contributed by atoms with Crippen molar-refractivity contribution in [1.29, 1.82) is 0 Å². The van der Waals surface area contributed by atoms with Crippen LogP contribution in [0.1, 0.15) is 69.2 Å². The fraction of sp³-hybridized carbons (Fsp3) is 0.600. The number of aliphatic hydroxyl groups excluding tert-OH is 1. The largest absolute Gasteiger partial charge is 0.463 e. The summed E-state index contributed by atoms with van der Waals surface area (Å²) in [5.41, 5.74) is 10.4. The van der Waals surface area contributed by atoms with Crippen LogP contribution in [0.5, 0.6) is 6.01 Å². The van der Waals surface area contributed by atoms with Gasteiger partial charge in [0.1, 0.15) is 23.9 Å². The average Bonchev–Trinajstić information content (AvgIpc) is 3.25. The summed E-state index contributed by atoms with van der Waals surface area (Å²) < 4.78 is 13.7. The average molecular weight is 556 g/mol. The third-order valence-electron chi connectivity index (χ3n) is 6.78. The first kappa shape index (κ1) is 31.1. The van der Waals surface area contributed by atoms with E-state index in [1.807, 2.05) is 22.9 Å². The zero-order valence-electron chi connectivity index (χ0n) is 24.9. The standard InChI is InChI=1S/C30H49N5O3Si/c1-7-10-17-38-30-32-26-25(21-35(27(26)29(31)33-30)22-37-18-19-39(4,5)6)28(36)24-13-11-23(12-14-24)20-34(15-8-2)16-9-3/h11-14,21,28,36H,7-10,15-20,22H2,1-6H3,(H2,31,32,33). The Morgan fingerprint density at radius 1 is 1.00 bits per heavy atom. The highest BCUT2D eigenvalue weighted by Gasteiger charge is 2.23. The van der Waals surface area contributed by atoms with E-state index in [2.05, 4.69) is 62.4 Å². The van der Waals surface area contributed by atoms with E-state index in [0.29, 0.717) is 42.4 Å². The number of fused-ring (bicyclic) bond motifs is 1. The summed E-state index contributed by atoms with van der Waals surface area (Å²) in [5.74, 6) is 0.320. The molecular formula is C30H49N5O3Si. The molecule has 1 aromatic carbocycles. The van der Waals surface area contributed by atoms with Gasteiger partial charge in [0, 0.05) is 33.0 Å². The minimum absolute atomic E-state index is 0.238. The normalized spacial score (nSPS) is 12.9. The second kappa shape index (κ2) is 14.8. The number of benzene rings is 1. The zero-order chi connectivity index (χ0) is 28.4. The third-order valence-corrected chi connectivity index (χ3v) is 8.48. The van der Waals surface area contributed by atoms with Crippen LogP contribution in [0, 0.1) is 0 Å². The molecule has 0 saturated carbocycles. The van der Waals surface area contributed by atoms with Gasteiger partial charge >= 0.3 is 6.01 Å². The Morgan fingerprint density at radius 2 is 1.69 bits per heavy atom. The van der Waals surface area contributed by atoms with Gasteiger partial charge in [-0.3, -0.25) is 4.90 Å². The van der Waals surface area contributed by atoms with Crippen LogP contribution in [0.25, 0.3) is 11.0 Å². The van der Waals surface area contributed by atoms with Gasteiger partial charge in [-0.2, -0.15) is 9.97 Å². The lowest BCUT2D eigenvalue weighted by molar-refractivity contribution is 0.0899. The van der Waals surface area contributed by atoms with Crippen molar-refractivity contribution in [2.45, 2.75) is 91.5 Å². The molecular weight excluding hydrogens is 506 g/mol. The second-order valence-corrected chi connectivity index (χ2v) is 17.2. The molecule has 8 nitrogen and oxygen atoms in total. The van der Waals surface area contributed by atoms with Crippen molar-refractivity contribution in [2.24, 2.45) is 0 Å². The summed E-state index contributed by atoms with van der Waals surface area (Å²) in [5, 5.41) is 11.5. The molecule has 0 amide bonds. The number of ether oxygens (including phenoxy) is 2. The van der Waals surface area contributed by atoms with Crippen LogP contribution >= 0.6 is 0 Å². The van der Waals surface area contributed by atoms with Gasteiger partial charge in [0.25, 0.3) is 0 Å². The van der Waals surface area contributed by atoms with Crippen LogP contribution in [0.15, 0.2) is 30.5 Å². The number of nitrogens with two attached hydrogens (primary N) is 1. The number of unbranched alkanes of at least 4 members (excludes halogenated alkanes) is 1. The predicted molar refractivity (Wildman–Crippen MR) is 163 cm³/mol. The lowest BCUT2D eigenvalue weighted by Crippen LogP contribution is -2.24. The summed E-state index contributed by atoms with van der Waals surface area (Å²) in [6, 6.07) is 9.54. The Balaban J connectivity index is 1.89. The predicted octanol–water partition coefficient (Wildman–Crippen LogP) is 6.21. The molecule has 0 spiro atoms. The van der Waals surface area contributed by atoms with E-state index in [1.165, 1.54) is 5.56 Å². The van der Waals surface area contributed by atoms with Gasteiger partial charge in [-0.1, -0.05) is 71.1 Å². The first-order chi connectivity index (χ1) is 18.7. The summed E-state index contributed by atoms with van der Waals surface area (Å²) in [6.45, 7) is 18.1. The van der Waals surface area contributed by atoms with Crippen LogP contribution in [0.4, 0.5) is 5.82 Å². The smallest absolute Gasteiger partial charge is 0.319 e. The van der Waals surface area contributed by atoms with Gasteiger partial charge < -0.3 is 24.9 Å². The number of nitrogens with zero attached hydrogens (tertiary/aromatic N) is 4. The zero-order valence-corrected chi connectivity index (χ0v) is 25.9. The molecule has 0 aliphatic rings. The summed E-state index contributed by atoms with van der Waals surface area (Å²) >= 11 is 0.